The molecule has 0 radical (unpaired) electrons. The summed E-state index contributed by atoms with van der Waals surface area (Å²) in [4.78, 5) is 60.6. The van der Waals surface area contributed by atoms with Gasteiger partial charge in [-0.05, 0) is 25.7 Å². The van der Waals surface area contributed by atoms with Crippen LogP contribution in [-0.4, -0.2) is 100 Å². The molecule has 1 rings (SSSR count). The molecule has 1 fully saturated rings. The summed E-state index contributed by atoms with van der Waals surface area (Å²) in [5.41, 5.74) is -1.24. The van der Waals surface area contributed by atoms with Gasteiger partial charge in [-0.25, -0.2) is 0 Å². The summed E-state index contributed by atoms with van der Waals surface area (Å²) in [7, 11) is 0. The molecule has 36 heavy (non-hydrogen) atoms. The first-order valence-electron chi connectivity index (χ1n) is 12.1. The molecule has 1 saturated heterocycles. The lowest BCUT2D eigenvalue weighted by molar-refractivity contribution is -0.166. The van der Waals surface area contributed by atoms with Gasteiger partial charge >= 0.3 is 29.8 Å². The lowest BCUT2D eigenvalue weighted by atomic mass is 9.80. The third-order valence-corrected chi connectivity index (χ3v) is 5.58. The van der Waals surface area contributed by atoms with E-state index in [0.29, 0.717) is 6.61 Å². The molecule has 12 nitrogen and oxygen atoms in total. The Balaban J connectivity index is 3.13. The largest absolute Gasteiger partial charge is 0.466 e. The van der Waals surface area contributed by atoms with Crippen molar-refractivity contribution in [3.05, 3.63) is 0 Å². The number of hydrogen-bond donors (Lipinski definition) is 0. The van der Waals surface area contributed by atoms with Gasteiger partial charge < -0.3 is 28.4 Å². The van der Waals surface area contributed by atoms with Crippen LogP contribution >= 0.6 is 0 Å². The van der Waals surface area contributed by atoms with Crippen LogP contribution in [0.25, 0.3) is 0 Å². The van der Waals surface area contributed by atoms with Crippen molar-refractivity contribution in [3.63, 3.8) is 0 Å². The highest BCUT2D eigenvalue weighted by Crippen LogP contribution is 2.31. The van der Waals surface area contributed by atoms with Crippen LogP contribution in [0.4, 0.5) is 0 Å². The molecule has 0 N–H and O–H groups in total. The maximum atomic E-state index is 13.5. The minimum absolute atomic E-state index is 0.0460. The van der Waals surface area contributed by atoms with Crippen molar-refractivity contribution in [2.45, 2.75) is 59.5 Å². The van der Waals surface area contributed by atoms with Crippen molar-refractivity contribution in [3.8, 4) is 0 Å². The first kappa shape index (κ1) is 31.3. The van der Waals surface area contributed by atoms with E-state index in [9.17, 15) is 24.0 Å². The predicted molar refractivity (Wildman–Crippen MR) is 125 cm³/mol. The molecule has 0 spiro atoms. The van der Waals surface area contributed by atoms with E-state index in [4.69, 9.17) is 28.4 Å². The molecule has 0 bridgehead atoms. The Hall–Kier alpha value is -2.73. The van der Waals surface area contributed by atoms with Crippen molar-refractivity contribution >= 4 is 29.8 Å². The zero-order valence-electron chi connectivity index (χ0n) is 21.7. The van der Waals surface area contributed by atoms with Gasteiger partial charge in [-0.1, -0.05) is 0 Å². The monoisotopic (exact) mass is 517 g/mol. The van der Waals surface area contributed by atoms with E-state index < -0.39 is 35.3 Å². The summed E-state index contributed by atoms with van der Waals surface area (Å²) >= 11 is 0. The molecule has 1 heterocycles. The van der Waals surface area contributed by atoms with Gasteiger partial charge in [0.2, 0.25) is 0 Å². The smallest absolute Gasteiger partial charge is 0.313 e. The van der Waals surface area contributed by atoms with Crippen molar-refractivity contribution < 1.29 is 52.4 Å². The Labute approximate surface area is 211 Å². The van der Waals surface area contributed by atoms with Gasteiger partial charge in [-0.15, -0.1) is 0 Å². The van der Waals surface area contributed by atoms with Gasteiger partial charge in [-0.3, -0.25) is 28.9 Å². The van der Waals surface area contributed by atoms with E-state index in [2.05, 4.69) is 0 Å². The van der Waals surface area contributed by atoms with Crippen LogP contribution in [0.5, 0.6) is 0 Å². The van der Waals surface area contributed by atoms with Crippen molar-refractivity contribution in [1.82, 2.24) is 4.90 Å². The van der Waals surface area contributed by atoms with E-state index >= 15 is 0 Å². The van der Waals surface area contributed by atoms with E-state index in [-0.39, 0.29) is 71.6 Å². The van der Waals surface area contributed by atoms with Crippen LogP contribution < -0.4 is 0 Å². The molecule has 12 heteroatoms. The first-order chi connectivity index (χ1) is 17.0. The summed E-state index contributed by atoms with van der Waals surface area (Å²) in [6, 6.07) is 0. The second-order valence-electron chi connectivity index (χ2n) is 8.65. The predicted octanol–water partition coefficient (Wildman–Crippen LogP) is 1.03. The summed E-state index contributed by atoms with van der Waals surface area (Å²) in [5.74, 6) is -2.47. The van der Waals surface area contributed by atoms with Crippen LogP contribution in [0.15, 0.2) is 0 Å². The molecule has 0 aromatic rings. The number of carbonyl (C=O) groups excluding carboxylic acids is 5. The Bertz CT molecular complexity index is 694. The fourth-order valence-electron chi connectivity index (χ4n) is 3.76. The fourth-order valence-corrected chi connectivity index (χ4v) is 3.76. The standard InChI is InChI=1S/C24H39NO11/c1-18(26)31-12-7-24(8-13-32-19(2)27,23(30)36-16-22-6-5-11-35-22)17-25(9-14-33-20(3)28)10-15-34-21(4)29/h22H,5-17H2,1-4H3. The van der Waals surface area contributed by atoms with Crippen LogP contribution in [0.3, 0.4) is 0 Å². The van der Waals surface area contributed by atoms with E-state index in [1.54, 1.807) is 4.90 Å². The van der Waals surface area contributed by atoms with Gasteiger partial charge in [0.25, 0.3) is 0 Å². The molecular weight excluding hydrogens is 478 g/mol. The second kappa shape index (κ2) is 16.9. The number of carbonyl (C=O) groups is 5. The highest BCUT2D eigenvalue weighted by atomic mass is 16.6. The summed E-state index contributed by atoms with van der Waals surface area (Å²) < 4.78 is 31.6. The average Bonchev–Trinajstić information content (AvgIpc) is 3.29. The van der Waals surface area contributed by atoms with Gasteiger partial charge in [0.1, 0.15) is 19.8 Å². The fraction of sp³-hybridized carbons (Fsp3) is 0.792. The number of esters is 5. The number of ether oxygens (including phenoxy) is 6. The lowest BCUT2D eigenvalue weighted by Crippen LogP contribution is -2.48. The minimum Gasteiger partial charge on any atom is -0.466 e. The number of rotatable bonds is 17. The SMILES string of the molecule is CC(=O)OCCN(CCOC(C)=O)CC(CCOC(C)=O)(CCOC(C)=O)C(=O)OCC1CCCO1. The minimum atomic E-state index is -1.24. The van der Waals surface area contributed by atoms with Crippen LogP contribution in [0.1, 0.15) is 53.4 Å². The van der Waals surface area contributed by atoms with Crippen LogP contribution in [0.2, 0.25) is 0 Å². The van der Waals surface area contributed by atoms with Gasteiger partial charge in [-0.2, -0.15) is 0 Å². The maximum Gasteiger partial charge on any atom is 0.313 e. The third-order valence-electron chi connectivity index (χ3n) is 5.58. The summed E-state index contributed by atoms with van der Waals surface area (Å²) in [6.45, 7) is 6.31. The van der Waals surface area contributed by atoms with Gasteiger partial charge in [0, 0.05) is 53.9 Å². The normalized spacial score (nSPS) is 15.3. The average molecular weight is 518 g/mol. The first-order valence-corrected chi connectivity index (χ1v) is 12.1. The Morgan fingerprint density at radius 3 is 1.64 bits per heavy atom. The lowest BCUT2D eigenvalue weighted by Gasteiger charge is -2.36. The Morgan fingerprint density at radius 1 is 0.750 bits per heavy atom. The van der Waals surface area contributed by atoms with Crippen molar-refractivity contribution in [2.24, 2.45) is 5.41 Å². The topological polar surface area (TPSA) is 144 Å². The van der Waals surface area contributed by atoms with E-state index in [1.807, 2.05) is 0 Å². The van der Waals surface area contributed by atoms with E-state index in [0.717, 1.165) is 12.8 Å². The highest BCUT2D eigenvalue weighted by Gasteiger charge is 2.42. The molecule has 0 aromatic carbocycles. The van der Waals surface area contributed by atoms with E-state index in [1.165, 1.54) is 27.7 Å². The molecule has 1 unspecified atom stereocenters. The molecule has 1 aliphatic heterocycles. The number of hydrogen-bond acceptors (Lipinski definition) is 12. The number of nitrogens with zero attached hydrogens (tertiary/aromatic N) is 1. The molecule has 0 saturated carbocycles. The Morgan fingerprint density at radius 2 is 1.22 bits per heavy atom. The highest BCUT2D eigenvalue weighted by molar-refractivity contribution is 5.77. The molecule has 1 atom stereocenters. The molecule has 0 aromatic heterocycles. The summed E-state index contributed by atoms with van der Waals surface area (Å²) in [6.07, 6.45) is 1.65. The Kier molecular flexibility index (Phi) is 14.7. The summed E-state index contributed by atoms with van der Waals surface area (Å²) in [5, 5.41) is 0. The maximum absolute atomic E-state index is 13.5. The van der Waals surface area contributed by atoms with Crippen LogP contribution in [-0.2, 0) is 52.4 Å². The second-order valence-corrected chi connectivity index (χ2v) is 8.65. The molecule has 0 aliphatic carbocycles. The third kappa shape index (κ3) is 13.4. The molecular formula is C24H39NO11. The molecule has 1 aliphatic rings. The van der Waals surface area contributed by atoms with Gasteiger partial charge in [0.05, 0.1) is 24.7 Å². The van der Waals surface area contributed by atoms with Gasteiger partial charge in [0.15, 0.2) is 0 Å². The van der Waals surface area contributed by atoms with Crippen molar-refractivity contribution in [2.75, 3.05) is 59.3 Å². The molecule has 0 amide bonds. The van der Waals surface area contributed by atoms with Crippen LogP contribution in [0, 0.1) is 5.41 Å². The molecule has 206 valence electrons. The zero-order valence-corrected chi connectivity index (χ0v) is 21.7. The zero-order chi connectivity index (χ0) is 27.0. The van der Waals surface area contributed by atoms with Crippen molar-refractivity contribution in [1.29, 1.82) is 0 Å². The quantitative estimate of drug-likeness (QED) is 0.201.